The number of pyridine rings is 1. The fourth-order valence-electron chi connectivity index (χ4n) is 5.88. The van der Waals surface area contributed by atoms with Gasteiger partial charge in [0.15, 0.2) is 0 Å². The second-order valence-electron chi connectivity index (χ2n) is 11.4. The third-order valence-corrected chi connectivity index (χ3v) is 8.46. The van der Waals surface area contributed by atoms with Gasteiger partial charge in [-0.15, -0.1) is 0 Å². The van der Waals surface area contributed by atoms with Crippen LogP contribution in [0.5, 0.6) is 0 Å². The first-order valence-corrected chi connectivity index (χ1v) is 15.6. The summed E-state index contributed by atoms with van der Waals surface area (Å²) >= 11 is 6.56. The molecule has 7 nitrogen and oxygen atoms in total. The Hall–Kier alpha value is -4.30. The molecule has 2 heterocycles. The second-order valence-corrected chi connectivity index (χ2v) is 11.7. The number of aromatic nitrogens is 3. The first kappa shape index (κ1) is 29.8. The Balaban J connectivity index is 1.14. The smallest absolute Gasteiger partial charge is 0.135 e. The van der Waals surface area contributed by atoms with Crippen molar-refractivity contribution in [1.29, 1.82) is 0 Å². The summed E-state index contributed by atoms with van der Waals surface area (Å²) in [6, 6.07) is 31.2. The molecule has 0 fully saturated rings. The van der Waals surface area contributed by atoms with Crippen molar-refractivity contribution in [3.63, 3.8) is 0 Å². The van der Waals surface area contributed by atoms with Gasteiger partial charge < -0.3 is 16.0 Å². The first-order chi connectivity index (χ1) is 21.5. The molecule has 0 saturated heterocycles. The second kappa shape index (κ2) is 14.0. The van der Waals surface area contributed by atoms with Crippen molar-refractivity contribution in [2.75, 3.05) is 6.54 Å². The monoisotopic (exact) mass is 603 g/mol. The van der Waals surface area contributed by atoms with Gasteiger partial charge in [0.25, 0.3) is 0 Å². The van der Waals surface area contributed by atoms with Gasteiger partial charge >= 0.3 is 0 Å². The van der Waals surface area contributed by atoms with E-state index in [1.807, 2.05) is 55.6 Å². The Bertz CT molecular complexity index is 1720. The van der Waals surface area contributed by atoms with Crippen LogP contribution in [0.3, 0.4) is 0 Å². The van der Waals surface area contributed by atoms with Gasteiger partial charge in [0.2, 0.25) is 0 Å². The molecule has 8 heteroatoms. The van der Waals surface area contributed by atoms with Crippen LogP contribution >= 0.6 is 11.6 Å². The third-order valence-electron chi connectivity index (χ3n) is 8.15. The lowest BCUT2D eigenvalue weighted by Crippen LogP contribution is -2.31. The van der Waals surface area contributed by atoms with Crippen LogP contribution in [0, 0.1) is 0 Å². The number of hydrogen-bond donors (Lipinski definition) is 3. The molecule has 224 valence electrons. The SMILES string of the molecule is C/C(N)=C(\CNCc1ccc(CN(Cc2nc3ccccc3[nH]2)C2CCCc3cccnc32)cc1)C(Cl)=Nc1ccccc1. The number of imidazole rings is 1. The molecule has 2 aromatic heterocycles. The van der Waals surface area contributed by atoms with Crippen molar-refractivity contribution >= 4 is 33.5 Å². The lowest BCUT2D eigenvalue weighted by atomic mass is 9.90. The minimum absolute atomic E-state index is 0.238. The van der Waals surface area contributed by atoms with E-state index in [4.69, 9.17) is 27.3 Å². The summed E-state index contributed by atoms with van der Waals surface area (Å²) in [6.45, 7) is 4.59. The molecule has 1 atom stereocenters. The highest BCUT2D eigenvalue weighted by Gasteiger charge is 2.28. The van der Waals surface area contributed by atoms with Crippen LogP contribution < -0.4 is 11.1 Å². The molecule has 0 saturated carbocycles. The van der Waals surface area contributed by atoms with E-state index < -0.39 is 0 Å². The van der Waals surface area contributed by atoms with Gasteiger partial charge in [-0.05, 0) is 73.2 Å². The fraction of sp³-hybridized carbons (Fsp3) is 0.250. The van der Waals surface area contributed by atoms with E-state index in [0.29, 0.717) is 24.0 Å². The maximum atomic E-state index is 6.56. The number of hydrogen-bond acceptors (Lipinski definition) is 6. The van der Waals surface area contributed by atoms with Crippen molar-refractivity contribution in [3.8, 4) is 0 Å². The van der Waals surface area contributed by atoms with Crippen molar-refractivity contribution in [3.05, 3.63) is 137 Å². The summed E-state index contributed by atoms with van der Waals surface area (Å²) in [5.41, 5.74) is 15.5. The van der Waals surface area contributed by atoms with Gasteiger partial charge in [-0.1, -0.05) is 72.3 Å². The van der Waals surface area contributed by atoms with E-state index in [2.05, 4.69) is 68.7 Å². The molecular weight excluding hydrogens is 566 g/mol. The van der Waals surface area contributed by atoms with Gasteiger partial charge in [0.1, 0.15) is 11.0 Å². The fourth-order valence-corrected chi connectivity index (χ4v) is 6.19. The van der Waals surface area contributed by atoms with Crippen LogP contribution in [0.1, 0.15) is 54.0 Å². The van der Waals surface area contributed by atoms with E-state index in [1.54, 1.807) is 0 Å². The lowest BCUT2D eigenvalue weighted by molar-refractivity contribution is 0.153. The van der Waals surface area contributed by atoms with E-state index in [-0.39, 0.29) is 6.04 Å². The quantitative estimate of drug-likeness (QED) is 0.137. The zero-order valence-electron chi connectivity index (χ0n) is 25.0. The van der Waals surface area contributed by atoms with E-state index >= 15 is 0 Å². The number of nitrogens with zero attached hydrogens (tertiary/aromatic N) is 4. The average Bonchev–Trinajstić information content (AvgIpc) is 3.46. The number of benzene rings is 3. The van der Waals surface area contributed by atoms with Crippen LogP contribution in [-0.4, -0.2) is 31.6 Å². The normalized spacial score (nSPS) is 15.8. The number of halogens is 1. The van der Waals surface area contributed by atoms with Crippen molar-refractivity contribution in [2.45, 2.75) is 51.9 Å². The lowest BCUT2D eigenvalue weighted by Gasteiger charge is -2.34. The van der Waals surface area contributed by atoms with Gasteiger partial charge in [-0.2, -0.15) is 0 Å². The van der Waals surface area contributed by atoms with Crippen LogP contribution in [0.15, 0.2) is 113 Å². The van der Waals surface area contributed by atoms with Crippen molar-refractivity contribution in [1.82, 2.24) is 25.2 Å². The number of fused-ring (bicyclic) bond motifs is 2. The average molecular weight is 604 g/mol. The Morgan fingerprint density at radius 3 is 2.55 bits per heavy atom. The van der Waals surface area contributed by atoms with E-state index in [0.717, 1.165) is 60.5 Å². The van der Waals surface area contributed by atoms with Crippen LogP contribution in [0.2, 0.25) is 0 Å². The number of aromatic amines is 1. The summed E-state index contributed by atoms with van der Waals surface area (Å²) in [5.74, 6) is 0.976. The summed E-state index contributed by atoms with van der Waals surface area (Å²) in [4.78, 5) is 20.3. The number of nitrogens with two attached hydrogens (primary N) is 1. The summed E-state index contributed by atoms with van der Waals surface area (Å²) < 4.78 is 0. The molecule has 6 rings (SSSR count). The number of aryl methyl sites for hydroxylation is 1. The Labute approximate surface area is 263 Å². The standard InChI is InChI=1S/C36H38ClN7/c1-25(38)30(36(37)41-29-11-3-2-4-12-29)22-39-21-26-16-18-27(19-17-26)23-44(24-34-42-31-13-5-6-14-32(31)43-34)33-15-7-9-28-10-8-20-40-35(28)33/h2-6,8,10-14,16-20,33,39H,7,9,15,21-24,38H2,1H3,(H,42,43)/b30-25-,41-36?. The van der Waals surface area contributed by atoms with Crippen LogP contribution in [0.4, 0.5) is 5.69 Å². The number of rotatable bonds is 11. The van der Waals surface area contributed by atoms with E-state index in [9.17, 15) is 0 Å². The number of H-pyrrole nitrogens is 1. The largest absolute Gasteiger partial charge is 0.402 e. The van der Waals surface area contributed by atoms with Crippen molar-refractivity contribution < 1.29 is 0 Å². The summed E-state index contributed by atoms with van der Waals surface area (Å²) in [5, 5.41) is 3.89. The number of aliphatic imine (C=N–C) groups is 1. The van der Waals surface area contributed by atoms with E-state index in [1.165, 1.54) is 22.4 Å². The minimum atomic E-state index is 0.238. The zero-order chi connectivity index (χ0) is 30.3. The summed E-state index contributed by atoms with van der Waals surface area (Å²) in [6.07, 6.45) is 5.25. The van der Waals surface area contributed by atoms with Gasteiger partial charge in [0, 0.05) is 37.1 Å². The van der Waals surface area contributed by atoms with Gasteiger partial charge in [-0.25, -0.2) is 9.98 Å². The molecule has 0 bridgehead atoms. The zero-order valence-corrected chi connectivity index (χ0v) is 25.8. The third kappa shape index (κ3) is 7.25. The molecule has 0 radical (unpaired) electrons. The molecular formula is C36H38ClN7. The number of allylic oxidation sites excluding steroid dienone is 1. The maximum absolute atomic E-state index is 6.56. The van der Waals surface area contributed by atoms with Gasteiger partial charge in [-0.3, -0.25) is 9.88 Å². The Morgan fingerprint density at radius 1 is 0.977 bits per heavy atom. The molecule has 44 heavy (non-hydrogen) atoms. The number of para-hydroxylation sites is 3. The predicted molar refractivity (Wildman–Crippen MR) is 180 cm³/mol. The molecule has 5 aromatic rings. The van der Waals surface area contributed by atoms with Crippen molar-refractivity contribution in [2.24, 2.45) is 10.7 Å². The summed E-state index contributed by atoms with van der Waals surface area (Å²) in [7, 11) is 0. The molecule has 1 unspecified atom stereocenters. The maximum Gasteiger partial charge on any atom is 0.135 e. The Morgan fingerprint density at radius 2 is 1.75 bits per heavy atom. The minimum Gasteiger partial charge on any atom is -0.402 e. The molecule has 1 aliphatic rings. The van der Waals surface area contributed by atoms with Gasteiger partial charge in [0.05, 0.1) is 35.0 Å². The number of nitrogens with one attached hydrogen (secondary N) is 2. The molecule has 0 amide bonds. The predicted octanol–water partition coefficient (Wildman–Crippen LogP) is 7.33. The molecule has 3 aromatic carbocycles. The highest BCUT2D eigenvalue weighted by Crippen LogP contribution is 2.34. The molecule has 0 aliphatic heterocycles. The first-order valence-electron chi connectivity index (χ1n) is 15.2. The molecule has 1 aliphatic carbocycles. The molecule has 0 spiro atoms. The highest BCUT2D eigenvalue weighted by molar-refractivity contribution is 6.70. The highest BCUT2D eigenvalue weighted by atomic mass is 35.5. The van der Waals surface area contributed by atoms with Crippen LogP contribution in [0.25, 0.3) is 11.0 Å². The molecule has 4 N–H and O–H groups in total. The topological polar surface area (TPSA) is 95.2 Å². The van der Waals surface area contributed by atoms with Crippen LogP contribution in [-0.2, 0) is 26.1 Å². The Kier molecular flexibility index (Phi) is 9.46.